The lowest BCUT2D eigenvalue weighted by Crippen LogP contribution is -2.22. The third-order valence-electron chi connectivity index (χ3n) is 1.38. The molecule has 6 heteroatoms. The number of nitrogens with one attached hydrogen (secondary N) is 1. The smallest absolute Gasteiger partial charge is 0.409 e. The number of amides is 1. The Bertz CT molecular complexity index is 368. The second-order valence-corrected chi connectivity index (χ2v) is 3.56. The van der Waals surface area contributed by atoms with Crippen LogP contribution in [0.15, 0.2) is 12.1 Å². The number of hydrogen-bond donors (Lipinski definition) is 1. The summed E-state index contributed by atoms with van der Waals surface area (Å²) in [4.78, 5) is 10.9. The lowest BCUT2D eigenvalue weighted by atomic mass is 10.3. The SMILES string of the molecule is CNC(=O)Oc1cc(Cl)c(Cl)cc1Cl. The fraction of sp³-hybridized carbons (Fsp3) is 0.125. The molecule has 1 N–H and O–H groups in total. The second kappa shape index (κ2) is 4.73. The maximum absolute atomic E-state index is 10.9. The highest BCUT2D eigenvalue weighted by Crippen LogP contribution is 2.33. The summed E-state index contributed by atoms with van der Waals surface area (Å²) in [6.45, 7) is 0. The minimum absolute atomic E-state index is 0.167. The molecule has 1 aromatic carbocycles. The highest BCUT2D eigenvalue weighted by Gasteiger charge is 2.09. The van der Waals surface area contributed by atoms with Crippen LogP contribution in [0, 0.1) is 0 Å². The zero-order valence-corrected chi connectivity index (χ0v) is 9.37. The van der Waals surface area contributed by atoms with Gasteiger partial charge in [-0.2, -0.15) is 0 Å². The van der Waals surface area contributed by atoms with E-state index in [0.717, 1.165) is 0 Å². The Labute approximate surface area is 95.9 Å². The molecule has 0 fully saturated rings. The summed E-state index contributed by atoms with van der Waals surface area (Å²) in [5.41, 5.74) is 0. The average molecular weight is 254 g/mol. The first-order valence-corrected chi connectivity index (χ1v) is 4.72. The quantitative estimate of drug-likeness (QED) is 0.780. The van der Waals surface area contributed by atoms with Gasteiger partial charge in [-0.05, 0) is 6.07 Å². The van der Waals surface area contributed by atoms with Gasteiger partial charge in [0.05, 0.1) is 15.1 Å². The highest BCUT2D eigenvalue weighted by atomic mass is 35.5. The molecule has 76 valence electrons. The van der Waals surface area contributed by atoms with Crippen molar-refractivity contribution in [2.45, 2.75) is 0 Å². The molecular weight excluding hydrogens is 248 g/mol. The van der Waals surface area contributed by atoms with Crippen molar-refractivity contribution in [1.82, 2.24) is 5.32 Å². The summed E-state index contributed by atoms with van der Waals surface area (Å²) in [5, 5.41) is 3.08. The van der Waals surface area contributed by atoms with Crippen molar-refractivity contribution in [3.63, 3.8) is 0 Å². The van der Waals surface area contributed by atoms with Gasteiger partial charge in [0.25, 0.3) is 0 Å². The molecule has 0 spiro atoms. The topological polar surface area (TPSA) is 38.3 Å². The van der Waals surface area contributed by atoms with Crippen LogP contribution in [-0.2, 0) is 0 Å². The fourth-order valence-electron chi connectivity index (χ4n) is 0.733. The van der Waals surface area contributed by atoms with E-state index in [0.29, 0.717) is 5.02 Å². The van der Waals surface area contributed by atoms with Gasteiger partial charge in [-0.25, -0.2) is 4.79 Å². The van der Waals surface area contributed by atoms with Crippen molar-refractivity contribution in [2.75, 3.05) is 7.05 Å². The molecule has 0 heterocycles. The Morgan fingerprint density at radius 2 is 1.79 bits per heavy atom. The van der Waals surface area contributed by atoms with Gasteiger partial charge in [0.15, 0.2) is 5.75 Å². The van der Waals surface area contributed by atoms with Crippen LogP contribution in [0.3, 0.4) is 0 Å². The molecule has 3 nitrogen and oxygen atoms in total. The molecule has 0 aliphatic carbocycles. The number of ether oxygens (including phenoxy) is 1. The van der Waals surface area contributed by atoms with E-state index in [1.54, 1.807) is 0 Å². The van der Waals surface area contributed by atoms with Gasteiger partial charge in [-0.1, -0.05) is 34.8 Å². The van der Waals surface area contributed by atoms with Gasteiger partial charge in [0.1, 0.15) is 0 Å². The Hall–Kier alpha value is -0.640. The molecule has 0 saturated heterocycles. The van der Waals surface area contributed by atoms with Crippen LogP contribution in [0.1, 0.15) is 0 Å². The number of hydrogen-bond acceptors (Lipinski definition) is 2. The molecule has 0 radical (unpaired) electrons. The maximum atomic E-state index is 10.9. The maximum Gasteiger partial charge on any atom is 0.412 e. The van der Waals surface area contributed by atoms with Gasteiger partial charge in [0.2, 0.25) is 0 Å². The Kier molecular flexibility index (Phi) is 3.86. The molecule has 1 rings (SSSR count). The van der Waals surface area contributed by atoms with Gasteiger partial charge < -0.3 is 10.1 Å². The number of rotatable bonds is 1. The first-order chi connectivity index (χ1) is 6.54. The molecule has 0 saturated carbocycles. The van der Waals surface area contributed by atoms with E-state index in [1.807, 2.05) is 0 Å². The molecule has 1 amide bonds. The summed E-state index contributed by atoms with van der Waals surface area (Å²) < 4.78 is 4.81. The van der Waals surface area contributed by atoms with E-state index in [4.69, 9.17) is 39.5 Å². The number of halogens is 3. The van der Waals surface area contributed by atoms with E-state index in [2.05, 4.69) is 5.32 Å². The van der Waals surface area contributed by atoms with E-state index in [1.165, 1.54) is 19.2 Å². The van der Waals surface area contributed by atoms with Crippen molar-refractivity contribution < 1.29 is 9.53 Å². The number of carbonyl (C=O) groups excluding carboxylic acids is 1. The number of carbonyl (C=O) groups is 1. The van der Waals surface area contributed by atoms with Crippen molar-refractivity contribution in [1.29, 1.82) is 0 Å². The molecule has 14 heavy (non-hydrogen) atoms. The molecule has 0 bridgehead atoms. The predicted octanol–water partition coefficient (Wildman–Crippen LogP) is 3.37. The van der Waals surface area contributed by atoms with Crippen molar-refractivity contribution in [3.8, 4) is 5.75 Å². The molecule has 0 aliphatic heterocycles. The normalized spacial score (nSPS) is 9.71. The monoisotopic (exact) mass is 253 g/mol. The molecule has 0 unspecified atom stereocenters. The predicted molar refractivity (Wildman–Crippen MR) is 56.6 cm³/mol. The second-order valence-electron chi connectivity index (χ2n) is 2.34. The van der Waals surface area contributed by atoms with Crippen LogP contribution in [0.4, 0.5) is 4.79 Å². The van der Waals surface area contributed by atoms with Crippen LogP contribution < -0.4 is 10.1 Å². The summed E-state index contributed by atoms with van der Waals surface area (Å²) in [6.07, 6.45) is -0.620. The first kappa shape index (κ1) is 11.4. The first-order valence-electron chi connectivity index (χ1n) is 3.58. The fourth-order valence-corrected chi connectivity index (χ4v) is 1.31. The molecule has 0 atom stereocenters. The van der Waals surface area contributed by atoms with E-state index in [-0.39, 0.29) is 15.8 Å². The lowest BCUT2D eigenvalue weighted by molar-refractivity contribution is 0.203. The Balaban J connectivity index is 2.98. The van der Waals surface area contributed by atoms with Crippen molar-refractivity contribution in [3.05, 3.63) is 27.2 Å². The third-order valence-corrected chi connectivity index (χ3v) is 2.40. The molecule has 0 aliphatic rings. The van der Waals surface area contributed by atoms with Crippen LogP contribution >= 0.6 is 34.8 Å². The summed E-state index contributed by atoms with van der Waals surface area (Å²) in [5.74, 6) is 0.167. The number of benzene rings is 1. The molecule has 1 aromatic rings. The van der Waals surface area contributed by atoms with Crippen LogP contribution in [0.5, 0.6) is 5.75 Å². The molecular formula is C8H6Cl3NO2. The highest BCUT2D eigenvalue weighted by molar-refractivity contribution is 6.43. The summed E-state index contributed by atoms with van der Waals surface area (Å²) in [6, 6.07) is 2.78. The Morgan fingerprint density at radius 1 is 1.21 bits per heavy atom. The van der Waals surface area contributed by atoms with Gasteiger partial charge in [-0.3, -0.25) is 0 Å². The summed E-state index contributed by atoms with van der Waals surface area (Å²) >= 11 is 17.1. The minimum Gasteiger partial charge on any atom is -0.409 e. The largest absolute Gasteiger partial charge is 0.412 e. The zero-order chi connectivity index (χ0) is 10.7. The van der Waals surface area contributed by atoms with Crippen LogP contribution in [-0.4, -0.2) is 13.1 Å². The van der Waals surface area contributed by atoms with Crippen molar-refractivity contribution in [2.24, 2.45) is 0 Å². The average Bonchev–Trinajstić information content (AvgIpc) is 2.14. The van der Waals surface area contributed by atoms with Crippen LogP contribution in [0.25, 0.3) is 0 Å². The zero-order valence-electron chi connectivity index (χ0n) is 7.11. The standard InChI is InChI=1S/C8H6Cl3NO2/c1-12-8(13)14-7-3-5(10)4(9)2-6(7)11/h2-3H,1H3,(H,12,13). The molecule has 0 aromatic heterocycles. The van der Waals surface area contributed by atoms with Gasteiger partial charge in [-0.15, -0.1) is 0 Å². The van der Waals surface area contributed by atoms with E-state index >= 15 is 0 Å². The minimum atomic E-state index is -0.620. The van der Waals surface area contributed by atoms with E-state index < -0.39 is 6.09 Å². The Morgan fingerprint density at radius 3 is 2.36 bits per heavy atom. The lowest BCUT2D eigenvalue weighted by Gasteiger charge is -2.06. The van der Waals surface area contributed by atoms with Gasteiger partial charge >= 0.3 is 6.09 Å². The van der Waals surface area contributed by atoms with Gasteiger partial charge in [0, 0.05) is 13.1 Å². The third kappa shape index (κ3) is 2.67. The van der Waals surface area contributed by atoms with Crippen molar-refractivity contribution >= 4 is 40.9 Å². The van der Waals surface area contributed by atoms with Crippen LogP contribution in [0.2, 0.25) is 15.1 Å². The summed E-state index contributed by atoms with van der Waals surface area (Å²) in [7, 11) is 1.44. The van der Waals surface area contributed by atoms with E-state index in [9.17, 15) is 4.79 Å².